The van der Waals surface area contributed by atoms with Crippen molar-refractivity contribution in [2.24, 2.45) is 0 Å². The lowest BCUT2D eigenvalue weighted by molar-refractivity contribution is 0.276. The molecule has 0 aliphatic carbocycles. The number of methoxy groups -OCH3 is 1. The van der Waals surface area contributed by atoms with Crippen LogP contribution in [0.4, 0.5) is 5.69 Å². The zero-order chi connectivity index (χ0) is 17.1. The van der Waals surface area contributed by atoms with Crippen molar-refractivity contribution in [1.82, 2.24) is 4.98 Å². The average molecular weight is 343 g/mol. The lowest BCUT2D eigenvalue weighted by atomic mass is 10.1. The molecule has 1 atom stereocenters. The number of aromatic nitrogens is 1. The number of hydrogen-bond donors (Lipinski definition) is 2. The van der Waals surface area contributed by atoms with Crippen molar-refractivity contribution in [3.8, 4) is 5.75 Å². The zero-order valence-corrected chi connectivity index (χ0v) is 14.3. The van der Waals surface area contributed by atoms with Crippen LogP contribution < -0.4 is 10.1 Å². The third-order valence-corrected chi connectivity index (χ3v) is 4.15. The summed E-state index contributed by atoms with van der Waals surface area (Å²) in [6.07, 6.45) is 0. The molecule has 3 rings (SSSR count). The number of nitrogens with zero attached hydrogens (tertiary/aromatic N) is 1. The molecule has 3 aromatic rings. The van der Waals surface area contributed by atoms with E-state index in [-0.39, 0.29) is 12.6 Å². The molecule has 0 bridgehead atoms. The Balaban J connectivity index is 2.05. The minimum absolute atomic E-state index is 0.0484. The molecule has 0 saturated carbocycles. The molecule has 0 aliphatic heterocycles. The highest BCUT2D eigenvalue weighted by Gasteiger charge is 2.14. The molecule has 0 radical (unpaired) electrons. The number of rotatable bonds is 5. The highest BCUT2D eigenvalue weighted by Crippen LogP contribution is 2.32. The Morgan fingerprint density at radius 1 is 1.21 bits per heavy atom. The highest BCUT2D eigenvalue weighted by atomic mass is 35.5. The lowest BCUT2D eigenvalue weighted by Gasteiger charge is -2.20. The maximum atomic E-state index is 9.83. The van der Waals surface area contributed by atoms with Gasteiger partial charge in [-0.05, 0) is 36.8 Å². The average Bonchev–Trinajstić information content (AvgIpc) is 2.58. The van der Waals surface area contributed by atoms with Gasteiger partial charge in [-0.1, -0.05) is 35.9 Å². The number of para-hydroxylation sites is 1. The monoisotopic (exact) mass is 342 g/mol. The van der Waals surface area contributed by atoms with Crippen molar-refractivity contribution < 1.29 is 9.84 Å². The first kappa shape index (κ1) is 16.6. The van der Waals surface area contributed by atoms with E-state index in [9.17, 15) is 5.11 Å². The molecule has 124 valence electrons. The van der Waals surface area contributed by atoms with Gasteiger partial charge in [0.25, 0.3) is 0 Å². The van der Waals surface area contributed by atoms with Gasteiger partial charge in [0.1, 0.15) is 11.3 Å². The third-order valence-electron chi connectivity index (χ3n) is 3.91. The predicted molar refractivity (Wildman–Crippen MR) is 97.9 cm³/mol. The van der Waals surface area contributed by atoms with Crippen LogP contribution in [0.15, 0.2) is 48.5 Å². The Morgan fingerprint density at radius 2 is 2.00 bits per heavy atom. The molecule has 0 aliphatic rings. The van der Waals surface area contributed by atoms with Crippen LogP contribution in [-0.2, 0) is 0 Å². The summed E-state index contributed by atoms with van der Waals surface area (Å²) in [5.41, 5.74) is 3.49. The number of halogens is 1. The van der Waals surface area contributed by atoms with E-state index in [1.807, 2.05) is 55.5 Å². The van der Waals surface area contributed by atoms with Crippen LogP contribution in [0, 0.1) is 6.92 Å². The quantitative estimate of drug-likeness (QED) is 0.723. The molecule has 1 heterocycles. The molecule has 0 fully saturated rings. The first-order chi connectivity index (χ1) is 11.6. The van der Waals surface area contributed by atoms with E-state index >= 15 is 0 Å². The van der Waals surface area contributed by atoms with Crippen molar-refractivity contribution in [1.29, 1.82) is 0 Å². The van der Waals surface area contributed by atoms with Gasteiger partial charge in [0.15, 0.2) is 0 Å². The van der Waals surface area contributed by atoms with Crippen molar-refractivity contribution in [3.05, 3.63) is 64.8 Å². The fraction of sp³-hybridized carbons (Fsp3) is 0.211. The Labute approximate surface area is 146 Å². The molecule has 5 heteroatoms. The van der Waals surface area contributed by atoms with Crippen LogP contribution in [-0.4, -0.2) is 23.8 Å². The number of nitrogens with one attached hydrogen (secondary N) is 1. The summed E-state index contributed by atoms with van der Waals surface area (Å²) in [6.45, 7) is 1.89. The van der Waals surface area contributed by atoms with Gasteiger partial charge in [-0.2, -0.15) is 0 Å². The van der Waals surface area contributed by atoms with Gasteiger partial charge < -0.3 is 15.2 Å². The van der Waals surface area contributed by atoms with Gasteiger partial charge in [-0.3, -0.25) is 0 Å². The van der Waals surface area contributed by atoms with Crippen LogP contribution in [0.5, 0.6) is 5.75 Å². The number of anilines is 1. The second kappa shape index (κ2) is 7.07. The Bertz CT molecular complexity index is 867. The molecule has 2 N–H and O–H groups in total. The summed E-state index contributed by atoms with van der Waals surface area (Å²) in [4.78, 5) is 4.58. The number of pyridine rings is 1. The summed E-state index contributed by atoms with van der Waals surface area (Å²) < 4.78 is 5.41. The standard InChI is InChI=1S/C19H19ClN2O2/c1-12-9-16(15-7-4-8-18(24-2)19(15)21-12)22-17(11-23)13-5-3-6-14(20)10-13/h3-10,17,23H,11H2,1-2H3,(H,21,22). The summed E-state index contributed by atoms with van der Waals surface area (Å²) in [5, 5.41) is 14.8. The van der Waals surface area contributed by atoms with Crippen LogP contribution in [0.2, 0.25) is 5.02 Å². The Morgan fingerprint density at radius 3 is 2.71 bits per heavy atom. The summed E-state index contributed by atoms with van der Waals surface area (Å²) in [6, 6.07) is 15.0. The van der Waals surface area contributed by atoms with E-state index in [0.29, 0.717) is 5.02 Å². The number of aliphatic hydroxyl groups is 1. The Hall–Kier alpha value is -2.30. The fourth-order valence-corrected chi connectivity index (χ4v) is 2.98. The number of fused-ring (bicyclic) bond motifs is 1. The highest BCUT2D eigenvalue weighted by molar-refractivity contribution is 6.30. The number of benzene rings is 2. The van der Waals surface area contributed by atoms with Crippen LogP contribution in [0.1, 0.15) is 17.3 Å². The van der Waals surface area contributed by atoms with Gasteiger partial charge in [0.05, 0.1) is 19.8 Å². The van der Waals surface area contributed by atoms with E-state index in [1.165, 1.54) is 0 Å². The number of ether oxygens (including phenoxy) is 1. The van der Waals surface area contributed by atoms with E-state index in [0.717, 1.165) is 33.6 Å². The number of hydrogen-bond acceptors (Lipinski definition) is 4. The van der Waals surface area contributed by atoms with Crippen molar-refractivity contribution in [2.75, 3.05) is 19.0 Å². The zero-order valence-electron chi connectivity index (χ0n) is 13.6. The summed E-state index contributed by atoms with van der Waals surface area (Å²) in [7, 11) is 1.63. The maximum Gasteiger partial charge on any atom is 0.145 e. The largest absolute Gasteiger partial charge is 0.494 e. The molecule has 1 aromatic heterocycles. The van der Waals surface area contributed by atoms with Crippen LogP contribution in [0.25, 0.3) is 10.9 Å². The fourth-order valence-electron chi connectivity index (χ4n) is 2.78. The van der Waals surface area contributed by atoms with E-state index in [4.69, 9.17) is 16.3 Å². The maximum absolute atomic E-state index is 9.83. The van der Waals surface area contributed by atoms with Crippen molar-refractivity contribution in [3.63, 3.8) is 0 Å². The molecule has 4 nitrogen and oxygen atoms in total. The third kappa shape index (κ3) is 3.30. The first-order valence-corrected chi connectivity index (χ1v) is 8.07. The van der Waals surface area contributed by atoms with Crippen LogP contribution >= 0.6 is 11.6 Å². The smallest absolute Gasteiger partial charge is 0.145 e. The van der Waals surface area contributed by atoms with Crippen molar-refractivity contribution in [2.45, 2.75) is 13.0 Å². The van der Waals surface area contributed by atoms with E-state index in [2.05, 4.69) is 10.3 Å². The Kier molecular flexibility index (Phi) is 4.88. The van der Waals surface area contributed by atoms with Crippen molar-refractivity contribution >= 4 is 28.2 Å². The second-order valence-electron chi connectivity index (χ2n) is 5.60. The first-order valence-electron chi connectivity index (χ1n) is 7.69. The van der Waals surface area contributed by atoms with E-state index < -0.39 is 0 Å². The topological polar surface area (TPSA) is 54.4 Å². The minimum atomic E-state index is -0.264. The van der Waals surface area contributed by atoms with Gasteiger partial charge in [-0.25, -0.2) is 4.98 Å². The lowest BCUT2D eigenvalue weighted by Crippen LogP contribution is -2.15. The van der Waals surface area contributed by atoms with Gasteiger partial charge >= 0.3 is 0 Å². The van der Waals surface area contributed by atoms with Gasteiger partial charge in [-0.15, -0.1) is 0 Å². The number of aryl methyl sites for hydroxylation is 1. The molecule has 2 aromatic carbocycles. The van der Waals surface area contributed by atoms with Crippen LogP contribution in [0.3, 0.4) is 0 Å². The molecule has 0 saturated heterocycles. The molecular formula is C19H19ClN2O2. The molecule has 0 amide bonds. The second-order valence-corrected chi connectivity index (χ2v) is 6.04. The molecule has 24 heavy (non-hydrogen) atoms. The number of aliphatic hydroxyl groups excluding tert-OH is 1. The minimum Gasteiger partial charge on any atom is -0.494 e. The summed E-state index contributed by atoms with van der Waals surface area (Å²) >= 11 is 6.07. The molecule has 1 unspecified atom stereocenters. The van der Waals surface area contributed by atoms with E-state index in [1.54, 1.807) is 7.11 Å². The molecule has 0 spiro atoms. The molecular weight excluding hydrogens is 324 g/mol. The normalized spacial score (nSPS) is 12.2. The van der Waals surface area contributed by atoms with Gasteiger partial charge in [0.2, 0.25) is 0 Å². The van der Waals surface area contributed by atoms with Gasteiger partial charge in [0, 0.05) is 21.8 Å². The SMILES string of the molecule is COc1cccc2c(NC(CO)c3cccc(Cl)c3)cc(C)nc12. The predicted octanol–water partition coefficient (Wildman–Crippen LogP) is 4.35. The summed E-state index contributed by atoms with van der Waals surface area (Å²) in [5.74, 6) is 0.725.